The third-order valence-electron chi connectivity index (χ3n) is 8.96. The predicted octanol–water partition coefficient (Wildman–Crippen LogP) is 13.0. The summed E-state index contributed by atoms with van der Waals surface area (Å²) in [6.07, 6.45) is 13.4. The van der Waals surface area contributed by atoms with E-state index in [0.717, 1.165) is 29.9 Å². The Morgan fingerprint density at radius 1 is 0.375 bits per heavy atom. The molecule has 7 aromatic carbocycles. The van der Waals surface area contributed by atoms with Crippen molar-refractivity contribution in [3.8, 4) is 0 Å². The van der Waals surface area contributed by atoms with Crippen LogP contribution in [0.2, 0.25) is 0 Å². The zero-order chi connectivity index (χ0) is 32.1. The first kappa shape index (κ1) is 29.3. The predicted molar refractivity (Wildman–Crippen MR) is 207 cm³/mol. The van der Waals surface area contributed by atoms with Crippen LogP contribution in [0.15, 0.2) is 188 Å². The van der Waals surface area contributed by atoms with Crippen LogP contribution in [0.1, 0.15) is 24.0 Å². The standard InChI is InChI=1S/C46H36N2/c1-5-13-41(14-6-1)47(42-15-7-2-8-16-42)45-29-27-37-31-35(23-25-39(37)33-45)21-22-36-24-26-40-34-46(30-28-38(40)32-36)48(43-17-9-3-10-18-43)44-19-11-4-12-20-44/h1-3,5-11,13-34H,4,12H2/b22-21+. The summed E-state index contributed by atoms with van der Waals surface area (Å²) in [7, 11) is 0. The summed E-state index contributed by atoms with van der Waals surface area (Å²) < 4.78 is 0. The van der Waals surface area contributed by atoms with Crippen molar-refractivity contribution in [1.82, 2.24) is 0 Å². The number of hydrogen-bond donors (Lipinski definition) is 0. The van der Waals surface area contributed by atoms with Crippen LogP contribution in [0.3, 0.4) is 0 Å². The molecule has 2 nitrogen and oxygen atoms in total. The van der Waals surface area contributed by atoms with E-state index in [1.54, 1.807) is 0 Å². The van der Waals surface area contributed by atoms with Gasteiger partial charge in [0.1, 0.15) is 0 Å². The molecule has 1 aliphatic carbocycles. The Balaban J connectivity index is 1.05. The van der Waals surface area contributed by atoms with Gasteiger partial charge in [0.25, 0.3) is 0 Å². The van der Waals surface area contributed by atoms with Crippen LogP contribution in [-0.2, 0) is 0 Å². The van der Waals surface area contributed by atoms with Gasteiger partial charge in [0.2, 0.25) is 0 Å². The fourth-order valence-electron chi connectivity index (χ4n) is 6.57. The molecule has 8 rings (SSSR count). The molecule has 0 fully saturated rings. The van der Waals surface area contributed by atoms with Crippen molar-refractivity contribution in [3.05, 3.63) is 199 Å². The van der Waals surface area contributed by atoms with E-state index < -0.39 is 0 Å². The van der Waals surface area contributed by atoms with E-state index in [0.29, 0.717) is 0 Å². The molecule has 1 aliphatic rings. The minimum absolute atomic E-state index is 1.07. The van der Waals surface area contributed by atoms with E-state index in [1.165, 1.54) is 49.7 Å². The van der Waals surface area contributed by atoms with Gasteiger partial charge in [0.15, 0.2) is 0 Å². The summed E-state index contributed by atoms with van der Waals surface area (Å²) in [5, 5.41) is 4.90. The van der Waals surface area contributed by atoms with Crippen LogP contribution in [-0.4, -0.2) is 0 Å². The van der Waals surface area contributed by atoms with Crippen molar-refractivity contribution in [1.29, 1.82) is 0 Å². The van der Waals surface area contributed by atoms with Gasteiger partial charge in [-0.15, -0.1) is 0 Å². The summed E-state index contributed by atoms with van der Waals surface area (Å²) in [6, 6.07) is 58.7. The monoisotopic (exact) mass is 616 g/mol. The Labute approximate surface area is 282 Å². The van der Waals surface area contributed by atoms with E-state index >= 15 is 0 Å². The second kappa shape index (κ2) is 13.3. The van der Waals surface area contributed by atoms with Crippen LogP contribution in [0.5, 0.6) is 0 Å². The molecule has 0 spiro atoms. The molecule has 0 saturated carbocycles. The van der Waals surface area contributed by atoms with Crippen LogP contribution in [0.4, 0.5) is 28.4 Å². The number of rotatable bonds is 8. The smallest absolute Gasteiger partial charge is 0.0468 e. The van der Waals surface area contributed by atoms with E-state index in [1.807, 2.05) is 0 Å². The molecule has 0 atom stereocenters. The lowest BCUT2D eigenvalue weighted by Gasteiger charge is -2.28. The molecule has 0 aliphatic heterocycles. The summed E-state index contributed by atoms with van der Waals surface area (Å²) in [6.45, 7) is 0. The van der Waals surface area contributed by atoms with Gasteiger partial charge in [-0.05, 0) is 124 Å². The first-order valence-corrected chi connectivity index (χ1v) is 16.7. The zero-order valence-electron chi connectivity index (χ0n) is 26.8. The summed E-state index contributed by atoms with van der Waals surface area (Å²) in [5.41, 5.74) is 9.35. The van der Waals surface area contributed by atoms with Gasteiger partial charge < -0.3 is 9.80 Å². The molecule has 7 aromatic rings. The van der Waals surface area contributed by atoms with Crippen molar-refractivity contribution < 1.29 is 0 Å². The molecule has 0 bridgehead atoms. The molecule has 0 unspecified atom stereocenters. The average molecular weight is 617 g/mol. The Morgan fingerprint density at radius 2 is 0.812 bits per heavy atom. The third kappa shape index (κ3) is 6.17. The van der Waals surface area contributed by atoms with Gasteiger partial charge in [-0.3, -0.25) is 0 Å². The highest BCUT2D eigenvalue weighted by molar-refractivity contribution is 5.93. The van der Waals surface area contributed by atoms with Gasteiger partial charge in [0.05, 0.1) is 0 Å². The molecule has 2 heteroatoms. The van der Waals surface area contributed by atoms with Crippen molar-refractivity contribution >= 4 is 62.1 Å². The van der Waals surface area contributed by atoms with Gasteiger partial charge in [0, 0.05) is 34.1 Å². The van der Waals surface area contributed by atoms with Crippen molar-refractivity contribution in [2.75, 3.05) is 9.80 Å². The first-order chi connectivity index (χ1) is 23.8. The van der Waals surface area contributed by atoms with E-state index in [9.17, 15) is 0 Å². The van der Waals surface area contributed by atoms with E-state index in [2.05, 4.69) is 204 Å². The number of anilines is 5. The maximum atomic E-state index is 2.35. The maximum Gasteiger partial charge on any atom is 0.0468 e. The second-order valence-electron chi connectivity index (χ2n) is 12.2. The molecule has 0 amide bonds. The molecule has 48 heavy (non-hydrogen) atoms. The average Bonchev–Trinajstić information content (AvgIpc) is 3.16. The Morgan fingerprint density at radius 3 is 1.29 bits per heavy atom. The van der Waals surface area contributed by atoms with Crippen molar-refractivity contribution in [3.63, 3.8) is 0 Å². The largest absolute Gasteiger partial charge is 0.311 e. The lowest BCUT2D eigenvalue weighted by Crippen LogP contribution is -2.16. The zero-order valence-corrected chi connectivity index (χ0v) is 26.8. The normalized spacial score (nSPS) is 12.8. The minimum Gasteiger partial charge on any atom is -0.311 e. The molecular formula is C46H36N2. The number of allylic oxidation sites excluding steroid dienone is 3. The number of hydrogen-bond acceptors (Lipinski definition) is 2. The van der Waals surface area contributed by atoms with Crippen LogP contribution in [0.25, 0.3) is 33.7 Å². The fraction of sp³-hybridized carbons (Fsp3) is 0.0435. The molecule has 0 aromatic heterocycles. The summed E-state index contributed by atoms with van der Waals surface area (Å²) >= 11 is 0. The van der Waals surface area contributed by atoms with Crippen LogP contribution >= 0.6 is 0 Å². The van der Waals surface area contributed by atoms with Crippen molar-refractivity contribution in [2.45, 2.75) is 12.8 Å². The quantitative estimate of drug-likeness (QED) is 0.157. The number of nitrogens with zero attached hydrogens (tertiary/aromatic N) is 2. The first-order valence-electron chi connectivity index (χ1n) is 16.7. The summed E-state index contributed by atoms with van der Waals surface area (Å²) in [5.74, 6) is 0. The maximum absolute atomic E-state index is 2.35. The Kier molecular flexibility index (Phi) is 8.13. The molecular weight excluding hydrogens is 581 g/mol. The van der Waals surface area contributed by atoms with Gasteiger partial charge >= 0.3 is 0 Å². The molecule has 0 radical (unpaired) electrons. The molecule has 230 valence electrons. The Bertz CT molecular complexity index is 2240. The minimum atomic E-state index is 1.07. The lowest BCUT2D eigenvalue weighted by atomic mass is 10.0. The van der Waals surface area contributed by atoms with Crippen molar-refractivity contribution in [2.24, 2.45) is 0 Å². The third-order valence-corrected chi connectivity index (χ3v) is 8.96. The van der Waals surface area contributed by atoms with Crippen LogP contribution in [0, 0.1) is 0 Å². The van der Waals surface area contributed by atoms with Gasteiger partial charge in [-0.1, -0.05) is 115 Å². The molecule has 0 saturated heterocycles. The van der Waals surface area contributed by atoms with E-state index in [4.69, 9.17) is 0 Å². The van der Waals surface area contributed by atoms with E-state index in [-0.39, 0.29) is 0 Å². The van der Waals surface area contributed by atoms with Crippen LogP contribution < -0.4 is 9.80 Å². The SMILES string of the molecule is C1=CC(N(c2ccccc2)c2ccc3cc(/C=C/c4ccc5cc(N(c6ccccc6)c6ccccc6)ccc5c4)ccc3c2)=CCC1. The number of benzene rings is 7. The fourth-order valence-corrected chi connectivity index (χ4v) is 6.57. The second-order valence-corrected chi connectivity index (χ2v) is 12.2. The highest BCUT2D eigenvalue weighted by Crippen LogP contribution is 2.37. The lowest BCUT2D eigenvalue weighted by molar-refractivity contribution is 0.997. The molecule has 0 heterocycles. The number of para-hydroxylation sites is 3. The van der Waals surface area contributed by atoms with Gasteiger partial charge in [-0.25, -0.2) is 0 Å². The number of fused-ring (bicyclic) bond motifs is 2. The summed E-state index contributed by atoms with van der Waals surface area (Å²) in [4.78, 5) is 4.66. The molecule has 0 N–H and O–H groups in total. The van der Waals surface area contributed by atoms with Gasteiger partial charge in [-0.2, -0.15) is 0 Å². The highest BCUT2D eigenvalue weighted by Gasteiger charge is 2.15. The Hall–Kier alpha value is -6.12. The highest BCUT2D eigenvalue weighted by atomic mass is 15.1. The topological polar surface area (TPSA) is 6.48 Å².